The van der Waals surface area contributed by atoms with Gasteiger partial charge in [-0.3, -0.25) is 4.90 Å². The molecule has 0 aliphatic carbocycles. The Kier molecular flexibility index (Phi) is 5.28. The third-order valence-electron chi connectivity index (χ3n) is 3.15. The molecule has 1 aliphatic heterocycles. The average Bonchev–Trinajstić information content (AvgIpc) is 1.76. The minimum absolute atomic E-state index is 0.333. The Morgan fingerprint density at radius 3 is 1.20 bits per heavy atom. The summed E-state index contributed by atoms with van der Waals surface area (Å²) in [7, 11) is 4.17. The molecule has 0 aromatic carbocycles. The lowest BCUT2D eigenvalue weighted by Gasteiger charge is -2.42. The summed E-state index contributed by atoms with van der Waals surface area (Å²) < 4.78 is 0. The fourth-order valence-electron chi connectivity index (χ4n) is 0.987. The van der Waals surface area contributed by atoms with E-state index in [9.17, 15) is 0 Å². The lowest BCUT2D eigenvalue weighted by Crippen LogP contribution is -2.49. The van der Waals surface area contributed by atoms with Gasteiger partial charge in [-0.1, -0.05) is 0 Å². The van der Waals surface area contributed by atoms with Crippen LogP contribution in [0.3, 0.4) is 0 Å². The highest BCUT2D eigenvalue weighted by Gasteiger charge is 2.25. The molecule has 0 aromatic heterocycles. The Hall–Kier alpha value is -0.0800. The standard InChI is InChI=1S/C7H15N.C6H15N/c1-7(2,3)8-5-4-6-8;1-6(2,3)7(4)5/h4-6H2,1-3H3;1-5H3. The minimum Gasteiger partial charge on any atom is -0.305 e. The maximum Gasteiger partial charge on any atom is 0.0125 e. The third kappa shape index (κ3) is 6.16. The number of hydrogen-bond acceptors (Lipinski definition) is 2. The molecule has 1 saturated heterocycles. The molecule has 0 amide bonds. The van der Waals surface area contributed by atoms with Gasteiger partial charge in [0.15, 0.2) is 0 Å². The van der Waals surface area contributed by atoms with Gasteiger partial charge in [0.1, 0.15) is 0 Å². The number of likely N-dealkylation sites (tertiary alicyclic amines) is 1. The third-order valence-corrected chi connectivity index (χ3v) is 3.15. The molecule has 1 aliphatic rings. The highest BCUT2D eigenvalue weighted by atomic mass is 15.2. The van der Waals surface area contributed by atoms with Crippen LogP contribution >= 0.6 is 0 Å². The number of hydrogen-bond donors (Lipinski definition) is 0. The van der Waals surface area contributed by atoms with Crippen molar-refractivity contribution in [3.05, 3.63) is 0 Å². The van der Waals surface area contributed by atoms with Crippen molar-refractivity contribution in [2.45, 2.75) is 59.0 Å². The van der Waals surface area contributed by atoms with Gasteiger partial charge in [-0.25, -0.2) is 0 Å². The van der Waals surface area contributed by atoms with E-state index in [0.717, 1.165) is 0 Å². The van der Waals surface area contributed by atoms with Crippen LogP contribution in [0.5, 0.6) is 0 Å². The maximum absolute atomic E-state index is 2.49. The van der Waals surface area contributed by atoms with E-state index in [4.69, 9.17) is 0 Å². The molecule has 0 bridgehead atoms. The summed E-state index contributed by atoms with van der Waals surface area (Å²) in [6, 6.07) is 0. The molecule has 0 radical (unpaired) electrons. The monoisotopic (exact) mass is 214 g/mol. The van der Waals surface area contributed by atoms with E-state index in [1.807, 2.05) is 0 Å². The highest BCUT2D eigenvalue weighted by Crippen LogP contribution is 2.19. The van der Waals surface area contributed by atoms with Crippen LogP contribution in [0, 0.1) is 0 Å². The lowest BCUT2D eigenvalue weighted by atomic mass is 10.0. The van der Waals surface area contributed by atoms with E-state index in [-0.39, 0.29) is 0 Å². The molecule has 15 heavy (non-hydrogen) atoms. The molecule has 92 valence electrons. The minimum atomic E-state index is 0.333. The number of nitrogens with zero attached hydrogens (tertiary/aromatic N) is 2. The predicted molar refractivity (Wildman–Crippen MR) is 69.4 cm³/mol. The van der Waals surface area contributed by atoms with Crippen molar-refractivity contribution in [3.63, 3.8) is 0 Å². The Morgan fingerprint density at radius 1 is 0.867 bits per heavy atom. The van der Waals surface area contributed by atoms with Crippen molar-refractivity contribution in [2.24, 2.45) is 0 Å². The summed E-state index contributed by atoms with van der Waals surface area (Å²) in [6.07, 6.45) is 1.40. The van der Waals surface area contributed by atoms with Crippen LogP contribution < -0.4 is 0 Å². The molecular weight excluding hydrogens is 184 g/mol. The first-order valence-electron chi connectivity index (χ1n) is 5.97. The average molecular weight is 214 g/mol. The molecule has 0 N–H and O–H groups in total. The summed E-state index contributed by atoms with van der Waals surface area (Å²) in [4.78, 5) is 4.68. The molecule has 0 atom stereocenters. The van der Waals surface area contributed by atoms with Crippen molar-refractivity contribution in [3.8, 4) is 0 Å². The number of rotatable bonds is 0. The van der Waals surface area contributed by atoms with Crippen LogP contribution in [0.15, 0.2) is 0 Å². The predicted octanol–water partition coefficient (Wildman–Crippen LogP) is 2.84. The van der Waals surface area contributed by atoms with Crippen molar-refractivity contribution < 1.29 is 0 Å². The summed E-state index contributed by atoms with van der Waals surface area (Å²) >= 11 is 0. The fraction of sp³-hybridized carbons (Fsp3) is 1.00. The first kappa shape index (κ1) is 14.9. The van der Waals surface area contributed by atoms with Crippen LogP contribution in [-0.2, 0) is 0 Å². The van der Waals surface area contributed by atoms with Gasteiger partial charge in [0.2, 0.25) is 0 Å². The normalized spacial score (nSPS) is 18.2. The quantitative estimate of drug-likeness (QED) is 0.612. The Labute approximate surface area is 96.6 Å². The molecule has 0 spiro atoms. The first-order chi connectivity index (χ1) is 6.55. The van der Waals surface area contributed by atoms with Gasteiger partial charge in [-0.05, 0) is 75.1 Å². The van der Waals surface area contributed by atoms with Gasteiger partial charge in [-0.2, -0.15) is 0 Å². The second kappa shape index (κ2) is 5.31. The zero-order chi connectivity index (χ0) is 12.3. The topological polar surface area (TPSA) is 6.48 Å². The van der Waals surface area contributed by atoms with Gasteiger partial charge < -0.3 is 4.90 Å². The van der Waals surface area contributed by atoms with Crippen LogP contribution in [-0.4, -0.2) is 48.1 Å². The van der Waals surface area contributed by atoms with E-state index in [1.54, 1.807) is 0 Å². The van der Waals surface area contributed by atoms with Crippen molar-refractivity contribution in [1.82, 2.24) is 9.80 Å². The van der Waals surface area contributed by atoms with Crippen LogP contribution in [0.1, 0.15) is 48.0 Å². The van der Waals surface area contributed by atoms with Gasteiger partial charge in [0.05, 0.1) is 0 Å². The Bertz CT molecular complexity index is 168. The maximum atomic E-state index is 2.49. The van der Waals surface area contributed by atoms with E-state index in [0.29, 0.717) is 11.1 Å². The summed E-state index contributed by atoms with van der Waals surface area (Å²) in [5.41, 5.74) is 0.762. The van der Waals surface area contributed by atoms with E-state index >= 15 is 0 Å². The zero-order valence-electron chi connectivity index (χ0n) is 12.0. The molecule has 1 heterocycles. The van der Waals surface area contributed by atoms with Crippen molar-refractivity contribution in [2.75, 3.05) is 27.2 Å². The second-order valence-electron chi connectivity index (χ2n) is 6.58. The Morgan fingerprint density at radius 2 is 1.20 bits per heavy atom. The summed E-state index contributed by atoms with van der Waals surface area (Å²) in [5, 5.41) is 0. The summed E-state index contributed by atoms with van der Waals surface area (Å²) in [6.45, 7) is 16.0. The van der Waals surface area contributed by atoms with Crippen molar-refractivity contribution in [1.29, 1.82) is 0 Å². The van der Waals surface area contributed by atoms with Crippen molar-refractivity contribution >= 4 is 0 Å². The molecule has 1 fully saturated rings. The van der Waals surface area contributed by atoms with Gasteiger partial charge in [-0.15, -0.1) is 0 Å². The summed E-state index contributed by atoms with van der Waals surface area (Å²) in [5.74, 6) is 0. The molecule has 1 rings (SSSR count). The SMILES string of the molecule is CC(C)(C)N1CCC1.CN(C)C(C)(C)C. The van der Waals surface area contributed by atoms with E-state index < -0.39 is 0 Å². The largest absolute Gasteiger partial charge is 0.305 e. The van der Waals surface area contributed by atoms with Gasteiger partial charge in [0, 0.05) is 11.1 Å². The fourth-order valence-corrected chi connectivity index (χ4v) is 0.987. The zero-order valence-corrected chi connectivity index (χ0v) is 12.0. The highest BCUT2D eigenvalue weighted by molar-refractivity contribution is 4.81. The van der Waals surface area contributed by atoms with Crippen LogP contribution in [0.4, 0.5) is 0 Å². The smallest absolute Gasteiger partial charge is 0.0125 e. The lowest BCUT2D eigenvalue weighted by molar-refractivity contribution is 0.0690. The Balaban J connectivity index is 0.000000265. The van der Waals surface area contributed by atoms with E-state index in [2.05, 4.69) is 65.4 Å². The molecule has 0 aromatic rings. The van der Waals surface area contributed by atoms with Crippen LogP contribution in [0.25, 0.3) is 0 Å². The van der Waals surface area contributed by atoms with Gasteiger partial charge >= 0.3 is 0 Å². The first-order valence-corrected chi connectivity index (χ1v) is 5.97. The molecule has 0 unspecified atom stereocenters. The van der Waals surface area contributed by atoms with Crippen LogP contribution in [0.2, 0.25) is 0 Å². The second-order valence-corrected chi connectivity index (χ2v) is 6.58. The van der Waals surface area contributed by atoms with Gasteiger partial charge in [0.25, 0.3) is 0 Å². The molecule has 2 heteroatoms. The molecule has 0 saturated carbocycles. The molecular formula is C13H30N2. The molecule has 2 nitrogen and oxygen atoms in total. The van der Waals surface area contributed by atoms with E-state index in [1.165, 1.54) is 19.5 Å².